The number of nitrogens with zero attached hydrogens (tertiary/aromatic N) is 5. The maximum Gasteiger partial charge on any atom is 0.418 e. The highest BCUT2D eigenvalue weighted by Crippen LogP contribution is 2.41. The molecule has 3 aromatic heterocycles. The predicted octanol–water partition coefficient (Wildman–Crippen LogP) is 5.04. The quantitative estimate of drug-likeness (QED) is 0.324. The molecule has 8 nitrogen and oxygen atoms in total. The number of aromatic amines is 1. The summed E-state index contributed by atoms with van der Waals surface area (Å²) in [4.78, 5) is 34.6. The van der Waals surface area contributed by atoms with Crippen molar-refractivity contribution in [2.75, 3.05) is 31.1 Å². The van der Waals surface area contributed by atoms with E-state index in [1.807, 2.05) is 0 Å². The van der Waals surface area contributed by atoms with Gasteiger partial charge in [0.05, 0.1) is 21.7 Å². The number of hydrogen-bond acceptors (Lipinski definition) is 6. The standard InChI is InChI=1S/C25H24ClF3N6O2S/c26-18-14-38-24(21(18)23-30-15-31-32-23)34(12-4-11-33-9-1-2-10-33)20(37)13-35-19(36)8-7-16-5-3-6-17(22(16)35)25(27,28)29/h3,5-8,14-15H,1-2,4,9-13H2,(H,30,31,32). The minimum Gasteiger partial charge on any atom is -0.303 e. The van der Waals surface area contributed by atoms with Crippen molar-refractivity contribution in [1.82, 2.24) is 24.6 Å². The Bertz CT molecular complexity index is 1500. The third-order valence-electron chi connectivity index (χ3n) is 6.59. The molecule has 4 heterocycles. The van der Waals surface area contributed by atoms with E-state index in [2.05, 4.69) is 20.1 Å². The zero-order valence-electron chi connectivity index (χ0n) is 20.2. The summed E-state index contributed by atoms with van der Waals surface area (Å²) in [5.41, 5.74) is -1.51. The number of H-pyrrole nitrogens is 1. The highest BCUT2D eigenvalue weighted by Gasteiger charge is 2.34. The van der Waals surface area contributed by atoms with Gasteiger partial charge in [-0.15, -0.1) is 11.3 Å². The lowest BCUT2D eigenvalue weighted by atomic mass is 10.1. The Labute approximate surface area is 224 Å². The Hall–Kier alpha value is -3.22. The van der Waals surface area contributed by atoms with Gasteiger partial charge in [0.15, 0.2) is 5.82 Å². The summed E-state index contributed by atoms with van der Waals surface area (Å²) in [5, 5.41) is 9.37. The summed E-state index contributed by atoms with van der Waals surface area (Å²) in [7, 11) is 0. The lowest BCUT2D eigenvalue weighted by Crippen LogP contribution is -2.38. The number of hydrogen-bond donors (Lipinski definition) is 1. The van der Waals surface area contributed by atoms with Crippen LogP contribution in [0.4, 0.5) is 18.2 Å². The van der Waals surface area contributed by atoms with Crippen molar-refractivity contribution in [3.8, 4) is 11.4 Å². The number of aromatic nitrogens is 4. The van der Waals surface area contributed by atoms with Gasteiger partial charge in [0.25, 0.3) is 5.56 Å². The first-order chi connectivity index (χ1) is 18.2. The van der Waals surface area contributed by atoms with Crippen LogP contribution in [0, 0.1) is 0 Å². The van der Waals surface area contributed by atoms with E-state index in [1.54, 1.807) is 5.38 Å². The number of rotatable bonds is 8. The van der Waals surface area contributed by atoms with E-state index in [-0.39, 0.29) is 10.9 Å². The van der Waals surface area contributed by atoms with Crippen molar-refractivity contribution >= 4 is 44.7 Å². The average Bonchev–Trinajstić information content (AvgIpc) is 3.65. The number of carbonyl (C=O) groups excluding carboxylic acids is 1. The first kappa shape index (κ1) is 26.4. The number of fused-ring (bicyclic) bond motifs is 1. The molecule has 0 spiro atoms. The van der Waals surface area contributed by atoms with Crippen molar-refractivity contribution in [3.63, 3.8) is 0 Å². The number of pyridine rings is 1. The van der Waals surface area contributed by atoms with E-state index >= 15 is 0 Å². The van der Waals surface area contributed by atoms with Crippen molar-refractivity contribution in [1.29, 1.82) is 0 Å². The zero-order chi connectivity index (χ0) is 26.9. The number of likely N-dealkylation sites (tertiary alicyclic amines) is 1. The van der Waals surface area contributed by atoms with E-state index in [0.717, 1.165) is 43.1 Å². The monoisotopic (exact) mass is 564 g/mol. The van der Waals surface area contributed by atoms with E-state index < -0.39 is 29.8 Å². The normalized spacial score (nSPS) is 14.4. The molecule has 38 heavy (non-hydrogen) atoms. The fourth-order valence-electron chi connectivity index (χ4n) is 4.83. The molecule has 200 valence electrons. The first-order valence-electron chi connectivity index (χ1n) is 12.1. The van der Waals surface area contributed by atoms with Gasteiger partial charge in [-0.2, -0.15) is 18.3 Å². The summed E-state index contributed by atoms with van der Waals surface area (Å²) >= 11 is 7.68. The summed E-state index contributed by atoms with van der Waals surface area (Å²) in [6.45, 7) is 2.48. The Balaban J connectivity index is 1.53. The van der Waals surface area contributed by atoms with Crippen LogP contribution in [0.2, 0.25) is 5.02 Å². The number of carbonyl (C=O) groups is 1. The molecule has 1 aliphatic rings. The maximum atomic E-state index is 13.9. The van der Waals surface area contributed by atoms with Gasteiger partial charge in [-0.25, -0.2) is 4.98 Å². The molecule has 0 unspecified atom stereocenters. The molecule has 0 saturated carbocycles. The number of amides is 1. The lowest BCUT2D eigenvalue weighted by Gasteiger charge is -2.25. The highest BCUT2D eigenvalue weighted by atomic mass is 35.5. The maximum absolute atomic E-state index is 13.9. The van der Waals surface area contributed by atoms with Crippen LogP contribution in [0.15, 0.2) is 46.8 Å². The van der Waals surface area contributed by atoms with Gasteiger partial charge < -0.3 is 9.80 Å². The predicted molar refractivity (Wildman–Crippen MR) is 141 cm³/mol. The number of anilines is 1. The molecule has 1 saturated heterocycles. The summed E-state index contributed by atoms with van der Waals surface area (Å²) < 4.78 is 42.5. The fraction of sp³-hybridized carbons (Fsp3) is 0.360. The van der Waals surface area contributed by atoms with Crippen LogP contribution in [0.1, 0.15) is 24.8 Å². The summed E-state index contributed by atoms with van der Waals surface area (Å²) in [6.07, 6.45) is -0.487. The topological polar surface area (TPSA) is 87.1 Å². The van der Waals surface area contributed by atoms with Crippen molar-refractivity contribution in [2.24, 2.45) is 0 Å². The average molecular weight is 565 g/mol. The molecule has 0 atom stereocenters. The zero-order valence-corrected chi connectivity index (χ0v) is 21.7. The number of thiophene rings is 1. The van der Waals surface area contributed by atoms with Crippen LogP contribution < -0.4 is 10.5 Å². The van der Waals surface area contributed by atoms with Crippen molar-refractivity contribution in [2.45, 2.75) is 32.0 Å². The molecule has 1 amide bonds. The molecular formula is C25H24ClF3N6O2S. The van der Waals surface area contributed by atoms with Crippen LogP contribution in [0.5, 0.6) is 0 Å². The lowest BCUT2D eigenvalue weighted by molar-refractivity contribution is -0.136. The number of para-hydroxylation sites is 1. The Kier molecular flexibility index (Phi) is 7.55. The molecule has 0 radical (unpaired) electrons. The van der Waals surface area contributed by atoms with E-state index in [4.69, 9.17) is 11.6 Å². The minimum atomic E-state index is -4.70. The molecule has 5 rings (SSSR count). The molecule has 4 aromatic rings. The van der Waals surface area contributed by atoms with Crippen molar-refractivity contribution in [3.05, 3.63) is 63.0 Å². The van der Waals surface area contributed by atoms with E-state index in [1.165, 1.54) is 46.8 Å². The molecule has 1 fully saturated rings. The molecule has 1 aromatic carbocycles. The summed E-state index contributed by atoms with van der Waals surface area (Å²) in [5.74, 6) is -0.164. The number of benzene rings is 1. The van der Waals surface area contributed by atoms with E-state index in [0.29, 0.717) is 34.4 Å². The second-order valence-corrected chi connectivity index (χ2v) is 10.3. The Morgan fingerprint density at radius 3 is 2.68 bits per heavy atom. The fourth-order valence-corrected chi connectivity index (χ4v) is 6.18. The minimum absolute atomic E-state index is 0.217. The van der Waals surface area contributed by atoms with Gasteiger partial charge in [-0.3, -0.25) is 19.3 Å². The van der Waals surface area contributed by atoms with Crippen LogP contribution >= 0.6 is 22.9 Å². The SMILES string of the molecule is O=C(Cn1c(=O)ccc2cccc(C(F)(F)F)c21)N(CCCN1CCCC1)c1scc(Cl)c1-c1ncn[nH]1. The van der Waals surface area contributed by atoms with Gasteiger partial charge in [0.1, 0.15) is 17.9 Å². The van der Waals surface area contributed by atoms with Gasteiger partial charge in [-0.1, -0.05) is 23.7 Å². The largest absolute Gasteiger partial charge is 0.418 e. The highest BCUT2D eigenvalue weighted by molar-refractivity contribution is 7.15. The Morgan fingerprint density at radius 1 is 1.18 bits per heavy atom. The van der Waals surface area contributed by atoms with Crippen LogP contribution in [-0.2, 0) is 17.5 Å². The van der Waals surface area contributed by atoms with Gasteiger partial charge in [-0.05, 0) is 56.4 Å². The van der Waals surface area contributed by atoms with Crippen molar-refractivity contribution < 1.29 is 18.0 Å². The van der Waals surface area contributed by atoms with Crippen LogP contribution in [0.3, 0.4) is 0 Å². The third-order valence-corrected chi connectivity index (χ3v) is 8.02. The second-order valence-electron chi connectivity index (χ2n) is 9.04. The van der Waals surface area contributed by atoms with Gasteiger partial charge in [0.2, 0.25) is 5.91 Å². The van der Waals surface area contributed by atoms with Crippen LogP contribution in [-0.4, -0.2) is 56.7 Å². The molecule has 1 aliphatic heterocycles. The number of nitrogens with one attached hydrogen (secondary N) is 1. The summed E-state index contributed by atoms with van der Waals surface area (Å²) in [6, 6.07) is 6.19. The van der Waals surface area contributed by atoms with E-state index in [9.17, 15) is 22.8 Å². The number of alkyl halides is 3. The van der Waals surface area contributed by atoms with Gasteiger partial charge >= 0.3 is 6.18 Å². The second kappa shape index (κ2) is 10.9. The van der Waals surface area contributed by atoms with Crippen LogP contribution in [0.25, 0.3) is 22.3 Å². The van der Waals surface area contributed by atoms with Gasteiger partial charge in [0, 0.05) is 18.0 Å². The third kappa shape index (κ3) is 5.33. The molecule has 0 bridgehead atoms. The smallest absolute Gasteiger partial charge is 0.303 e. The Morgan fingerprint density at radius 2 is 1.97 bits per heavy atom. The first-order valence-corrected chi connectivity index (χ1v) is 13.3. The molecule has 13 heteroatoms. The molecular weight excluding hydrogens is 541 g/mol. The number of halogens is 4. The molecule has 1 N–H and O–H groups in total. The molecule has 0 aliphatic carbocycles.